The summed E-state index contributed by atoms with van der Waals surface area (Å²) in [5.41, 5.74) is -0.110. The molecule has 21 heavy (non-hydrogen) atoms. The summed E-state index contributed by atoms with van der Waals surface area (Å²) in [4.78, 5) is 24.9. The van der Waals surface area contributed by atoms with Crippen LogP contribution in [0.25, 0.3) is 0 Å². The molecule has 0 N–H and O–H groups in total. The third kappa shape index (κ3) is 2.72. The lowest BCUT2D eigenvalue weighted by molar-refractivity contribution is -0.165. The topological polar surface area (TPSA) is 52.6 Å². The first-order chi connectivity index (χ1) is 9.66. The van der Waals surface area contributed by atoms with E-state index in [-0.39, 0.29) is 41.4 Å². The summed E-state index contributed by atoms with van der Waals surface area (Å²) in [7, 11) is 0. The van der Waals surface area contributed by atoms with Crippen LogP contribution in [0.1, 0.15) is 41.5 Å². The van der Waals surface area contributed by atoms with Crippen LogP contribution in [0.2, 0.25) is 0 Å². The Hall–Kier alpha value is -1.32. The number of allylic oxidation sites excluding steroid dienone is 2. The Morgan fingerprint density at radius 3 is 1.48 bits per heavy atom. The van der Waals surface area contributed by atoms with Gasteiger partial charge in [-0.2, -0.15) is 0 Å². The van der Waals surface area contributed by atoms with Crippen molar-refractivity contribution in [3.63, 3.8) is 0 Å². The molecular weight excluding hydrogens is 268 g/mol. The molecule has 0 aromatic carbocycles. The first-order valence-electron chi connectivity index (χ1n) is 7.75. The summed E-state index contributed by atoms with van der Waals surface area (Å²) < 4.78 is 10.8. The third-order valence-corrected chi connectivity index (χ3v) is 4.65. The maximum absolute atomic E-state index is 12.5. The van der Waals surface area contributed by atoms with E-state index < -0.39 is 11.8 Å². The van der Waals surface area contributed by atoms with Crippen molar-refractivity contribution in [2.75, 3.05) is 0 Å². The Bertz CT molecular complexity index is 421. The summed E-state index contributed by atoms with van der Waals surface area (Å²) in [6, 6.07) is 0. The van der Waals surface area contributed by atoms with Gasteiger partial charge in [-0.1, -0.05) is 26.0 Å². The zero-order chi connectivity index (χ0) is 15.9. The fraction of sp³-hybridized carbons (Fsp3) is 0.765. The molecule has 4 atom stereocenters. The lowest BCUT2D eigenvalue weighted by atomic mass is 9.79. The lowest BCUT2D eigenvalue weighted by Crippen LogP contribution is -2.37. The molecule has 0 saturated heterocycles. The quantitative estimate of drug-likeness (QED) is 0.591. The van der Waals surface area contributed by atoms with Gasteiger partial charge in [-0.3, -0.25) is 9.59 Å². The molecule has 118 valence electrons. The Morgan fingerprint density at radius 1 is 0.857 bits per heavy atom. The van der Waals surface area contributed by atoms with Gasteiger partial charge < -0.3 is 9.47 Å². The second-order valence-corrected chi connectivity index (χ2v) is 7.28. The molecule has 0 heterocycles. The average molecular weight is 294 g/mol. The summed E-state index contributed by atoms with van der Waals surface area (Å²) in [5.74, 6) is -1.33. The van der Waals surface area contributed by atoms with Gasteiger partial charge in [-0.05, 0) is 44.9 Å². The molecule has 2 aliphatic rings. The maximum Gasteiger partial charge on any atom is 0.310 e. The highest BCUT2D eigenvalue weighted by atomic mass is 16.6. The van der Waals surface area contributed by atoms with Crippen molar-refractivity contribution >= 4 is 11.9 Å². The number of esters is 2. The predicted molar refractivity (Wildman–Crippen MR) is 79.3 cm³/mol. The molecule has 0 aromatic rings. The lowest BCUT2D eigenvalue weighted by Gasteiger charge is -2.26. The molecule has 0 aromatic heterocycles. The van der Waals surface area contributed by atoms with Gasteiger partial charge in [-0.15, -0.1) is 0 Å². The Balaban J connectivity index is 2.29. The van der Waals surface area contributed by atoms with Crippen molar-refractivity contribution < 1.29 is 19.1 Å². The highest BCUT2D eigenvalue weighted by Crippen LogP contribution is 2.60. The van der Waals surface area contributed by atoms with Gasteiger partial charge >= 0.3 is 11.9 Å². The minimum absolute atomic E-state index is 0.0402. The third-order valence-electron chi connectivity index (χ3n) is 4.65. The van der Waals surface area contributed by atoms with Crippen molar-refractivity contribution in [2.45, 2.75) is 53.8 Å². The van der Waals surface area contributed by atoms with E-state index in [0.29, 0.717) is 0 Å². The van der Waals surface area contributed by atoms with Crippen molar-refractivity contribution in [3.8, 4) is 0 Å². The second kappa shape index (κ2) is 5.47. The molecule has 0 aliphatic heterocycles. The van der Waals surface area contributed by atoms with E-state index in [2.05, 4.69) is 26.0 Å². The fourth-order valence-corrected chi connectivity index (χ4v) is 3.78. The second-order valence-electron chi connectivity index (χ2n) is 7.28. The van der Waals surface area contributed by atoms with E-state index in [0.717, 1.165) is 0 Å². The molecule has 1 saturated carbocycles. The Morgan fingerprint density at radius 2 is 1.19 bits per heavy atom. The van der Waals surface area contributed by atoms with Crippen LogP contribution in [-0.2, 0) is 19.1 Å². The van der Waals surface area contributed by atoms with Gasteiger partial charge in [0.1, 0.15) is 0 Å². The molecule has 2 aliphatic carbocycles. The van der Waals surface area contributed by atoms with Gasteiger partial charge in [-0.25, -0.2) is 0 Å². The van der Waals surface area contributed by atoms with Crippen LogP contribution in [0.15, 0.2) is 12.2 Å². The van der Waals surface area contributed by atoms with E-state index in [9.17, 15) is 9.59 Å². The number of carbonyl (C=O) groups is 2. The van der Waals surface area contributed by atoms with E-state index in [4.69, 9.17) is 9.47 Å². The fourth-order valence-electron chi connectivity index (χ4n) is 3.78. The molecule has 0 amide bonds. The molecule has 2 bridgehead atoms. The van der Waals surface area contributed by atoms with Crippen LogP contribution in [0.4, 0.5) is 0 Å². The van der Waals surface area contributed by atoms with Crippen LogP contribution in [0.5, 0.6) is 0 Å². The molecule has 4 heteroatoms. The number of rotatable bonds is 4. The van der Waals surface area contributed by atoms with Gasteiger partial charge in [0.2, 0.25) is 0 Å². The highest BCUT2D eigenvalue weighted by Gasteiger charge is 2.62. The molecular formula is C17H26O4. The minimum Gasteiger partial charge on any atom is -0.463 e. The molecule has 0 radical (unpaired) electrons. The molecule has 1 fully saturated rings. The van der Waals surface area contributed by atoms with Crippen LogP contribution >= 0.6 is 0 Å². The van der Waals surface area contributed by atoms with Crippen molar-refractivity contribution in [2.24, 2.45) is 29.1 Å². The monoisotopic (exact) mass is 294 g/mol. The van der Waals surface area contributed by atoms with Crippen molar-refractivity contribution in [3.05, 3.63) is 12.2 Å². The first kappa shape index (κ1) is 16.1. The molecule has 2 rings (SSSR count). The number of ether oxygens (including phenoxy) is 2. The molecule has 0 spiro atoms. The Labute approximate surface area is 126 Å². The number of hydrogen-bond acceptors (Lipinski definition) is 4. The normalized spacial score (nSPS) is 32.8. The smallest absolute Gasteiger partial charge is 0.310 e. The van der Waals surface area contributed by atoms with Crippen LogP contribution in [0.3, 0.4) is 0 Å². The Kier molecular flexibility index (Phi) is 4.18. The summed E-state index contributed by atoms with van der Waals surface area (Å²) >= 11 is 0. The van der Waals surface area contributed by atoms with Crippen LogP contribution in [0, 0.1) is 29.1 Å². The van der Waals surface area contributed by atoms with E-state index in [1.807, 2.05) is 27.7 Å². The number of hydrogen-bond donors (Lipinski definition) is 0. The van der Waals surface area contributed by atoms with E-state index >= 15 is 0 Å². The average Bonchev–Trinajstić information content (AvgIpc) is 2.74. The first-order valence-corrected chi connectivity index (χ1v) is 7.75. The largest absolute Gasteiger partial charge is 0.463 e. The highest BCUT2D eigenvalue weighted by molar-refractivity contribution is 5.85. The summed E-state index contributed by atoms with van der Waals surface area (Å²) in [5, 5.41) is 0. The van der Waals surface area contributed by atoms with Crippen molar-refractivity contribution in [1.82, 2.24) is 0 Å². The van der Waals surface area contributed by atoms with Crippen LogP contribution < -0.4 is 0 Å². The van der Waals surface area contributed by atoms with Crippen LogP contribution in [-0.4, -0.2) is 24.1 Å². The van der Waals surface area contributed by atoms with Gasteiger partial charge in [0.05, 0.1) is 24.0 Å². The summed E-state index contributed by atoms with van der Waals surface area (Å²) in [6.45, 7) is 11.5. The zero-order valence-electron chi connectivity index (χ0n) is 13.8. The minimum atomic E-state index is -0.427. The number of fused-ring (bicyclic) bond motifs is 2. The SMILES string of the molecule is CC(C)OC(=O)C1C(C(=O)OC(C)C)C2C=CC1C2(C)C. The maximum atomic E-state index is 12.5. The van der Waals surface area contributed by atoms with E-state index in [1.165, 1.54) is 0 Å². The molecule has 4 nitrogen and oxygen atoms in total. The van der Waals surface area contributed by atoms with Gasteiger partial charge in [0.15, 0.2) is 0 Å². The van der Waals surface area contributed by atoms with E-state index in [1.54, 1.807) is 0 Å². The van der Waals surface area contributed by atoms with Gasteiger partial charge in [0, 0.05) is 0 Å². The zero-order valence-corrected chi connectivity index (χ0v) is 13.8. The summed E-state index contributed by atoms with van der Waals surface area (Å²) in [6.07, 6.45) is 3.78. The number of carbonyl (C=O) groups excluding carboxylic acids is 2. The molecule has 4 unspecified atom stereocenters. The van der Waals surface area contributed by atoms with Gasteiger partial charge in [0.25, 0.3) is 0 Å². The van der Waals surface area contributed by atoms with Crippen molar-refractivity contribution in [1.29, 1.82) is 0 Å². The predicted octanol–water partition coefficient (Wildman–Crippen LogP) is 2.96. The standard InChI is InChI=1S/C17H26O4/c1-9(2)20-15(18)13-11-7-8-12(17(11,5)6)14(13)16(19)21-10(3)4/h7-14H,1-6H3.